The standard InChI is InChI=1S/C18H19N3O2S2/c19-18(23)20-11-12-4-6-13(7-5-12)16(22)21-15-3-1-2-14(10-15)17-24-8-9-25-17/h1-7,10,17H,8-9,11H2,(H,21,22)(H3,19,20,23). The van der Waals surface area contributed by atoms with Crippen LogP contribution in [0.3, 0.4) is 0 Å². The number of anilines is 1. The summed E-state index contributed by atoms with van der Waals surface area (Å²) in [5, 5.41) is 5.46. The number of nitrogens with one attached hydrogen (secondary N) is 2. The van der Waals surface area contributed by atoms with Crippen LogP contribution in [-0.4, -0.2) is 23.4 Å². The molecule has 25 heavy (non-hydrogen) atoms. The minimum Gasteiger partial charge on any atom is -0.352 e. The summed E-state index contributed by atoms with van der Waals surface area (Å²) >= 11 is 3.88. The minimum atomic E-state index is -0.569. The van der Waals surface area contributed by atoms with Crippen LogP contribution in [0.5, 0.6) is 0 Å². The van der Waals surface area contributed by atoms with Crippen molar-refractivity contribution >= 4 is 41.1 Å². The molecule has 0 saturated carbocycles. The lowest BCUT2D eigenvalue weighted by Gasteiger charge is -2.11. The van der Waals surface area contributed by atoms with Gasteiger partial charge < -0.3 is 16.4 Å². The van der Waals surface area contributed by atoms with Gasteiger partial charge in [0.2, 0.25) is 0 Å². The first-order chi connectivity index (χ1) is 12.1. The van der Waals surface area contributed by atoms with E-state index < -0.39 is 6.03 Å². The number of hydrogen-bond acceptors (Lipinski definition) is 4. The number of carbonyl (C=O) groups excluding carboxylic acids is 2. The molecule has 1 aliphatic rings. The summed E-state index contributed by atoms with van der Waals surface area (Å²) in [5.74, 6) is 2.18. The number of primary amides is 1. The van der Waals surface area contributed by atoms with Crippen molar-refractivity contribution in [1.29, 1.82) is 0 Å². The molecule has 1 saturated heterocycles. The highest BCUT2D eigenvalue weighted by atomic mass is 32.2. The van der Waals surface area contributed by atoms with E-state index in [-0.39, 0.29) is 5.91 Å². The van der Waals surface area contributed by atoms with Crippen molar-refractivity contribution in [2.75, 3.05) is 16.8 Å². The van der Waals surface area contributed by atoms with Crippen molar-refractivity contribution in [3.8, 4) is 0 Å². The Kier molecular flexibility index (Phi) is 5.88. The third-order valence-electron chi connectivity index (χ3n) is 3.72. The summed E-state index contributed by atoms with van der Waals surface area (Å²) in [6, 6.07) is 14.5. The summed E-state index contributed by atoms with van der Waals surface area (Å²) in [5.41, 5.74) is 8.53. The Balaban J connectivity index is 1.63. The van der Waals surface area contributed by atoms with Gasteiger partial charge in [0.05, 0.1) is 4.58 Å². The van der Waals surface area contributed by atoms with Crippen molar-refractivity contribution in [2.45, 2.75) is 11.1 Å². The number of hydrogen-bond donors (Lipinski definition) is 3. The van der Waals surface area contributed by atoms with Gasteiger partial charge in [0.1, 0.15) is 0 Å². The van der Waals surface area contributed by atoms with Gasteiger partial charge in [-0.25, -0.2) is 4.79 Å². The molecule has 0 atom stereocenters. The zero-order chi connectivity index (χ0) is 17.6. The molecular formula is C18H19N3O2S2. The lowest BCUT2D eigenvalue weighted by molar-refractivity contribution is 0.102. The van der Waals surface area contributed by atoms with Crippen molar-refractivity contribution < 1.29 is 9.59 Å². The number of carbonyl (C=O) groups is 2. The molecule has 5 nitrogen and oxygen atoms in total. The predicted molar refractivity (Wildman–Crippen MR) is 105 cm³/mol. The molecule has 0 unspecified atom stereocenters. The van der Waals surface area contributed by atoms with Crippen LogP contribution in [0.15, 0.2) is 48.5 Å². The first kappa shape index (κ1) is 17.7. The number of urea groups is 1. The van der Waals surface area contributed by atoms with Crippen molar-refractivity contribution in [2.24, 2.45) is 5.73 Å². The van der Waals surface area contributed by atoms with Gasteiger partial charge in [-0.1, -0.05) is 24.3 Å². The van der Waals surface area contributed by atoms with Crippen LogP contribution in [0.2, 0.25) is 0 Å². The van der Waals surface area contributed by atoms with Gasteiger partial charge in [-0.2, -0.15) is 0 Å². The lowest BCUT2D eigenvalue weighted by atomic mass is 10.1. The van der Waals surface area contributed by atoms with Crippen LogP contribution in [-0.2, 0) is 6.54 Å². The van der Waals surface area contributed by atoms with Crippen molar-refractivity contribution in [3.05, 3.63) is 65.2 Å². The number of amides is 3. The molecule has 0 aliphatic carbocycles. The van der Waals surface area contributed by atoms with Gasteiger partial charge >= 0.3 is 6.03 Å². The summed E-state index contributed by atoms with van der Waals surface area (Å²) in [7, 11) is 0. The van der Waals surface area contributed by atoms with Crippen LogP contribution in [0.4, 0.5) is 10.5 Å². The first-order valence-corrected chi connectivity index (χ1v) is 9.98. The van der Waals surface area contributed by atoms with Crippen molar-refractivity contribution in [3.63, 3.8) is 0 Å². The summed E-state index contributed by atoms with van der Waals surface area (Å²) in [6.07, 6.45) is 0. The molecule has 0 radical (unpaired) electrons. The normalized spacial score (nSPS) is 14.2. The number of thioether (sulfide) groups is 2. The Morgan fingerprint density at radius 3 is 2.48 bits per heavy atom. The molecule has 3 amide bonds. The Morgan fingerprint density at radius 1 is 1.08 bits per heavy atom. The van der Waals surface area contributed by atoms with Crippen LogP contribution in [0.1, 0.15) is 26.1 Å². The quantitative estimate of drug-likeness (QED) is 0.748. The predicted octanol–water partition coefficient (Wildman–Crippen LogP) is 3.59. The van der Waals surface area contributed by atoms with Crippen LogP contribution in [0, 0.1) is 0 Å². The van der Waals surface area contributed by atoms with E-state index in [1.54, 1.807) is 24.3 Å². The first-order valence-electron chi connectivity index (χ1n) is 7.88. The van der Waals surface area contributed by atoms with E-state index in [0.717, 1.165) is 11.3 Å². The van der Waals surface area contributed by atoms with Crippen LogP contribution in [0.25, 0.3) is 0 Å². The average Bonchev–Trinajstić information content (AvgIpc) is 3.15. The molecule has 0 bridgehead atoms. The fraction of sp³-hybridized carbons (Fsp3) is 0.222. The highest BCUT2D eigenvalue weighted by Crippen LogP contribution is 2.45. The molecule has 7 heteroatoms. The Hall–Kier alpha value is -2.12. The maximum Gasteiger partial charge on any atom is 0.312 e. The van der Waals surface area contributed by atoms with Gasteiger partial charge in [-0.05, 0) is 35.4 Å². The SMILES string of the molecule is NC(=O)NCc1ccc(C(=O)Nc2cccc(C3SCCS3)c2)cc1. The Morgan fingerprint density at radius 2 is 1.80 bits per heavy atom. The molecule has 1 heterocycles. The van der Waals surface area contributed by atoms with E-state index in [9.17, 15) is 9.59 Å². The highest BCUT2D eigenvalue weighted by molar-refractivity contribution is 8.19. The third-order valence-corrected chi connectivity index (χ3v) is 6.83. The van der Waals surface area contributed by atoms with Gasteiger partial charge in [0.15, 0.2) is 0 Å². The second-order valence-corrected chi connectivity index (χ2v) is 8.29. The molecule has 1 fully saturated rings. The Bertz CT molecular complexity index is 759. The molecule has 0 spiro atoms. The topological polar surface area (TPSA) is 84.2 Å². The average molecular weight is 374 g/mol. The van der Waals surface area contributed by atoms with E-state index in [1.165, 1.54) is 17.1 Å². The maximum atomic E-state index is 12.4. The van der Waals surface area contributed by atoms with Crippen molar-refractivity contribution in [1.82, 2.24) is 5.32 Å². The minimum absolute atomic E-state index is 0.154. The fourth-order valence-electron chi connectivity index (χ4n) is 2.48. The van der Waals surface area contributed by atoms with Crippen LogP contribution < -0.4 is 16.4 Å². The number of benzene rings is 2. The number of nitrogens with two attached hydrogens (primary N) is 1. The summed E-state index contributed by atoms with van der Waals surface area (Å²) in [6.45, 7) is 0.343. The molecule has 0 aromatic heterocycles. The van der Waals surface area contributed by atoms with Gasteiger partial charge in [-0.3, -0.25) is 4.79 Å². The van der Waals surface area contributed by atoms with Crippen LogP contribution >= 0.6 is 23.5 Å². The van der Waals surface area contributed by atoms with E-state index >= 15 is 0 Å². The fourth-order valence-corrected chi connectivity index (χ4v) is 5.32. The smallest absolute Gasteiger partial charge is 0.312 e. The molecule has 2 aromatic carbocycles. The van der Waals surface area contributed by atoms with Gasteiger partial charge in [0.25, 0.3) is 5.91 Å². The largest absolute Gasteiger partial charge is 0.352 e. The monoisotopic (exact) mass is 373 g/mol. The molecule has 3 rings (SSSR count). The highest BCUT2D eigenvalue weighted by Gasteiger charge is 2.18. The second kappa shape index (κ2) is 8.31. The lowest BCUT2D eigenvalue weighted by Crippen LogP contribution is -2.28. The zero-order valence-electron chi connectivity index (χ0n) is 13.5. The molecule has 2 aromatic rings. The van der Waals surface area contributed by atoms with Gasteiger partial charge in [0, 0.05) is 29.3 Å². The summed E-state index contributed by atoms with van der Waals surface area (Å²) < 4.78 is 0.453. The molecular weight excluding hydrogens is 354 g/mol. The Labute approximate surface area is 155 Å². The molecule has 130 valence electrons. The van der Waals surface area contributed by atoms with E-state index in [2.05, 4.69) is 16.7 Å². The molecule has 1 aliphatic heterocycles. The van der Waals surface area contributed by atoms with Gasteiger partial charge in [-0.15, -0.1) is 23.5 Å². The number of rotatable bonds is 5. The third kappa shape index (κ3) is 4.93. The maximum absolute atomic E-state index is 12.4. The van der Waals surface area contributed by atoms with E-state index in [1.807, 2.05) is 41.7 Å². The second-order valence-electron chi connectivity index (χ2n) is 5.57. The summed E-state index contributed by atoms with van der Waals surface area (Å²) in [4.78, 5) is 23.1. The molecule has 4 N–H and O–H groups in total. The van der Waals surface area contributed by atoms with E-state index in [0.29, 0.717) is 16.7 Å². The van der Waals surface area contributed by atoms with E-state index in [4.69, 9.17) is 5.73 Å². The zero-order valence-corrected chi connectivity index (χ0v) is 15.2.